The molecule has 2 nitrogen and oxygen atoms in total. The highest BCUT2D eigenvalue weighted by Gasteiger charge is 2.16. The minimum Gasteiger partial charge on any atom is -0.364 e. The molecule has 74 valence electrons. The zero-order chi connectivity index (χ0) is 8.93. The van der Waals surface area contributed by atoms with E-state index in [0.717, 1.165) is 18.3 Å². The highest BCUT2D eigenvalue weighted by atomic mass is 32.2. The molecule has 0 aromatic carbocycles. The number of amidine groups is 1. The van der Waals surface area contributed by atoms with Crippen LogP contribution in [0.1, 0.15) is 19.3 Å². The van der Waals surface area contributed by atoms with Gasteiger partial charge in [0.05, 0.1) is 0 Å². The maximum Gasteiger partial charge on any atom is 0.156 e. The number of thioether (sulfide) groups is 2. The van der Waals surface area contributed by atoms with Gasteiger partial charge in [-0.05, 0) is 25.0 Å². The Balaban J connectivity index is 1.68. The minimum atomic E-state index is 0.838. The van der Waals surface area contributed by atoms with Crippen LogP contribution >= 0.6 is 23.5 Å². The summed E-state index contributed by atoms with van der Waals surface area (Å²) in [6.07, 6.45) is 4.03. The van der Waals surface area contributed by atoms with Crippen LogP contribution in [0.5, 0.6) is 0 Å². The van der Waals surface area contributed by atoms with Gasteiger partial charge in [0, 0.05) is 24.1 Å². The molecular formula is C9H16N2S2. The molecule has 0 saturated carbocycles. The highest BCUT2D eigenvalue weighted by Crippen LogP contribution is 2.25. The van der Waals surface area contributed by atoms with Gasteiger partial charge in [-0.25, -0.2) is 0 Å². The molecule has 1 N–H and O–H groups in total. The molecule has 0 spiro atoms. The molecule has 1 atom stereocenters. The Morgan fingerprint density at radius 3 is 3.08 bits per heavy atom. The topological polar surface area (TPSA) is 24.4 Å². The standard InChI is InChI=1S/C9H16N2S2/c1-3-8(12-5-1)7-11-9-10-4-2-6-13-9/h8H,1-7H2,(H,10,11). The Labute approximate surface area is 88.3 Å². The van der Waals surface area contributed by atoms with E-state index in [1.807, 2.05) is 11.8 Å². The van der Waals surface area contributed by atoms with Crippen molar-refractivity contribution in [1.29, 1.82) is 0 Å². The molecular weight excluding hydrogens is 200 g/mol. The second-order valence-corrected chi connectivity index (χ2v) is 5.90. The first kappa shape index (κ1) is 9.71. The molecule has 2 aliphatic heterocycles. The van der Waals surface area contributed by atoms with Gasteiger partial charge >= 0.3 is 0 Å². The van der Waals surface area contributed by atoms with Crippen molar-refractivity contribution in [2.24, 2.45) is 4.99 Å². The van der Waals surface area contributed by atoms with Gasteiger partial charge in [0.15, 0.2) is 5.17 Å². The van der Waals surface area contributed by atoms with E-state index in [1.54, 1.807) is 0 Å². The largest absolute Gasteiger partial charge is 0.364 e. The maximum absolute atomic E-state index is 4.45. The monoisotopic (exact) mass is 216 g/mol. The number of hydrogen-bond acceptors (Lipinski definition) is 4. The Bertz CT molecular complexity index is 188. The minimum absolute atomic E-state index is 0.838. The van der Waals surface area contributed by atoms with Gasteiger partial charge in [0.25, 0.3) is 0 Å². The predicted octanol–water partition coefficient (Wildman–Crippen LogP) is 1.96. The average Bonchev–Trinajstić information content (AvgIpc) is 2.69. The SMILES string of the molecule is C1CN=C(NCC2CCCS2)SC1. The van der Waals surface area contributed by atoms with Crippen LogP contribution in [0.15, 0.2) is 4.99 Å². The molecule has 0 aromatic rings. The first-order valence-electron chi connectivity index (χ1n) is 4.98. The normalized spacial score (nSPS) is 28.6. The second-order valence-electron chi connectivity index (χ2n) is 3.40. The van der Waals surface area contributed by atoms with Crippen LogP contribution in [-0.2, 0) is 0 Å². The smallest absolute Gasteiger partial charge is 0.156 e. The van der Waals surface area contributed by atoms with Gasteiger partial charge in [-0.1, -0.05) is 11.8 Å². The number of rotatable bonds is 2. The zero-order valence-corrected chi connectivity index (χ0v) is 9.42. The fourth-order valence-corrected chi connectivity index (χ4v) is 3.61. The van der Waals surface area contributed by atoms with Gasteiger partial charge in [-0.3, -0.25) is 4.99 Å². The summed E-state index contributed by atoms with van der Waals surface area (Å²) in [6.45, 7) is 2.14. The average molecular weight is 216 g/mol. The van der Waals surface area contributed by atoms with Crippen molar-refractivity contribution >= 4 is 28.7 Å². The fraction of sp³-hybridized carbons (Fsp3) is 0.889. The Hall–Kier alpha value is 0.170. The van der Waals surface area contributed by atoms with Crippen molar-refractivity contribution in [2.45, 2.75) is 24.5 Å². The van der Waals surface area contributed by atoms with Gasteiger partial charge < -0.3 is 5.32 Å². The van der Waals surface area contributed by atoms with E-state index in [0.29, 0.717) is 0 Å². The first-order chi connectivity index (χ1) is 6.45. The summed E-state index contributed by atoms with van der Waals surface area (Å²) >= 11 is 3.98. The molecule has 1 unspecified atom stereocenters. The van der Waals surface area contributed by atoms with E-state index < -0.39 is 0 Å². The Kier molecular flexibility index (Phi) is 3.85. The number of nitrogens with one attached hydrogen (secondary N) is 1. The lowest BCUT2D eigenvalue weighted by molar-refractivity contribution is 0.747. The molecule has 0 radical (unpaired) electrons. The summed E-state index contributed by atoms with van der Waals surface area (Å²) in [5, 5.41) is 5.47. The maximum atomic E-state index is 4.45. The van der Waals surface area contributed by atoms with Crippen LogP contribution in [0.4, 0.5) is 0 Å². The van der Waals surface area contributed by atoms with Gasteiger partial charge in [-0.15, -0.1) is 0 Å². The molecule has 0 aliphatic carbocycles. The molecule has 4 heteroatoms. The lowest BCUT2D eigenvalue weighted by atomic mass is 10.2. The van der Waals surface area contributed by atoms with E-state index >= 15 is 0 Å². The first-order valence-corrected chi connectivity index (χ1v) is 7.01. The van der Waals surface area contributed by atoms with E-state index in [2.05, 4.69) is 22.1 Å². The summed E-state index contributed by atoms with van der Waals surface area (Å²) in [7, 11) is 0. The highest BCUT2D eigenvalue weighted by molar-refractivity contribution is 8.13. The number of hydrogen-bond donors (Lipinski definition) is 1. The molecule has 13 heavy (non-hydrogen) atoms. The molecule has 2 aliphatic rings. The summed E-state index contributed by atoms with van der Waals surface area (Å²) in [5.41, 5.74) is 0. The van der Waals surface area contributed by atoms with Crippen LogP contribution < -0.4 is 5.32 Å². The predicted molar refractivity (Wildman–Crippen MR) is 62.9 cm³/mol. The molecule has 1 fully saturated rings. The third kappa shape index (κ3) is 3.09. The fourth-order valence-electron chi connectivity index (χ4n) is 1.57. The van der Waals surface area contributed by atoms with Crippen molar-refractivity contribution in [3.05, 3.63) is 0 Å². The van der Waals surface area contributed by atoms with Crippen LogP contribution in [0.3, 0.4) is 0 Å². The van der Waals surface area contributed by atoms with Gasteiger partial charge in [-0.2, -0.15) is 11.8 Å². The third-order valence-corrected chi connectivity index (χ3v) is 4.74. The quantitative estimate of drug-likeness (QED) is 0.763. The Morgan fingerprint density at radius 2 is 2.38 bits per heavy atom. The molecule has 2 heterocycles. The number of nitrogens with zero attached hydrogens (tertiary/aromatic N) is 1. The number of aliphatic imine (C=N–C) groups is 1. The lowest BCUT2D eigenvalue weighted by Crippen LogP contribution is -2.29. The van der Waals surface area contributed by atoms with Gasteiger partial charge in [0.2, 0.25) is 0 Å². The van der Waals surface area contributed by atoms with Crippen molar-refractivity contribution in [3.8, 4) is 0 Å². The molecule has 1 saturated heterocycles. The third-order valence-electron chi connectivity index (χ3n) is 2.30. The van der Waals surface area contributed by atoms with E-state index in [1.165, 1.54) is 35.9 Å². The van der Waals surface area contributed by atoms with Crippen molar-refractivity contribution in [3.63, 3.8) is 0 Å². The van der Waals surface area contributed by atoms with Crippen LogP contribution in [0.2, 0.25) is 0 Å². The Morgan fingerprint density at radius 1 is 1.38 bits per heavy atom. The van der Waals surface area contributed by atoms with E-state index in [-0.39, 0.29) is 0 Å². The van der Waals surface area contributed by atoms with Crippen LogP contribution in [-0.4, -0.2) is 35.0 Å². The molecule has 0 bridgehead atoms. The summed E-state index contributed by atoms with van der Waals surface area (Å²) in [4.78, 5) is 4.45. The van der Waals surface area contributed by atoms with E-state index in [9.17, 15) is 0 Å². The summed E-state index contributed by atoms with van der Waals surface area (Å²) < 4.78 is 0. The van der Waals surface area contributed by atoms with Crippen LogP contribution in [0, 0.1) is 0 Å². The molecule has 2 rings (SSSR count). The molecule has 0 aromatic heterocycles. The van der Waals surface area contributed by atoms with Crippen molar-refractivity contribution in [1.82, 2.24) is 5.32 Å². The van der Waals surface area contributed by atoms with Crippen LogP contribution in [0.25, 0.3) is 0 Å². The van der Waals surface area contributed by atoms with Gasteiger partial charge in [0.1, 0.15) is 0 Å². The van der Waals surface area contributed by atoms with Crippen molar-refractivity contribution in [2.75, 3.05) is 24.6 Å². The summed E-state index contributed by atoms with van der Waals surface area (Å²) in [5.74, 6) is 2.59. The zero-order valence-electron chi connectivity index (χ0n) is 7.79. The lowest BCUT2D eigenvalue weighted by Gasteiger charge is -2.15. The second kappa shape index (κ2) is 5.15. The molecule has 0 amide bonds. The van der Waals surface area contributed by atoms with Crippen molar-refractivity contribution < 1.29 is 0 Å². The van der Waals surface area contributed by atoms with E-state index in [4.69, 9.17) is 0 Å². The summed E-state index contributed by atoms with van der Waals surface area (Å²) in [6, 6.07) is 0.